The maximum absolute atomic E-state index is 12.4. The molecular weight excluding hydrogens is 310 g/mol. The maximum Gasteiger partial charge on any atom is 0.223 e. The van der Waals surface area contributed by atoms with Crippen molar-refractivity contribution in [3.63, 3.8) is 0 Å². The van der Waals surface area contributed by atoms with Crippen molar-refractivity contribution < 1.29 is 4.79 Å². The zero-order chi connectivity index (χ0) is 16.4. The summed E-state index contributed by atoms with van der Waals surface area (Å²) >= 11 is 6.20. The smallest absolute Gasteiger partial charge is 0.223 e. The molecule has 3 N–H and O–H groups in total. The van der Waals surface area contributed by atoms with Crippen LogP contribution in [0.25, 0.3) is 10.9 Å². The van der Waals surface area contributed by atoms with Crippen LogP contribution in [0.5, 0.6) is 0 Å². The van der Waals surface area contributed by atoms with Gasteiger partial charge in [0, 0.05) is 40.6 Å². The Hall–Kier alpha value is -1.52. The number of hydrogen-bond acceptors (Lipinski definition) is 2. The highest BCUT2D eigenvalue weighted by Gasteiger charge is 2.28. The van der Waals surface area contributed by atoms with E-state index in [0.29, 0.717) is 13.1 Å². The van der Waals surface area contributed by atoms with Crippen LogP contribution in [0.3, 0.4) is 0 Å². The summed E-state index contributed by atoms with van der Waals surface area (Å²) in [7, 11) is 0. The SMILES string of the molecule is CCn1c2c(c3cc(Cl)ccc31)CC(C(=O)NCCCN)CC2. The Bertz CT molecular complexity index is 723. The molecule has 1 aromatic carbocycles. The van der Waals surface area contributed by atoms with Crippen molar-refractivity contribution in [3.8, 4) is 0 Å². The van der Waals surface area contributed by atoms with Crippen LogP contribution in [0.15, 0.2) is 18.2 Å². The van der Waals surface area contributed by atoms with Gasteiger partial charge in [-0.25, -0.2) is 0 Å². The van der Waals surface area contributed by atoms with Gasteiger partial charge in [-0.3, -0.25) is 4.79 Å². The van der Waals surface area contributed by atoms with Crippen LogP contribution in [0.1, 0.15) is 31.0 Å². The standard InChI is InChI=1S/C18H24ClN3O/c1-2-22-16-6-4-12(18(23)21-9-3-8-20)10-14(16)15-11-13(19)5-7-17(15)22/h5,7,11-12H,2-4,6,8-10,20H2,1H3,(H,21,23). The molecule has 0 bridgehead atoms. The minimum Gasteiger partial charge on any atom is -0.356 e. The van der Waals surface area contributed by atoms with Gasteiger partial charge in [0.15, 0.2) is 0 Å². The summed E-state index contributed by atoms with van der Waals surface area (Å²) in [6.45, 7) is 4.39. The topological polar surface area (TPSA) is 60.0 Å². The minimum atomic E-state index is 0.0511. The summed E-state index contributed by atoms with van der Waals surface area (Å²) in [5.41, 5.74) is 9.38. The molecule has 1 aromatic heterocycles. The van der Waals surface area contributed by atoms with Crippen LogP contribution < -0.4 is 11.1 Å². The molecule has 1 unspecified atom stereocenters. The molecule has 0 saturated carbocycles. The molecule has 1 aliphatic carbocycles. The molecule has 3 rings (SSSR count). The Morgan fingerprint density at radius 2 is 2.30 bits per heavy atom. The molecule has 0 fully saturated rings. The average molecular weight is 334 g/mol. The van der Waals surface area contributed by atoms with Gasteiger partial charge in [-0.1, -0.05) is 11.6 Å². The van der Waals surface area contributed by atoms with Crippen molar-refractivity contribution in [3.05, 3.63) is 34.5 Å². The number of aryl methyl sites for hydroxylation is 1. The second-order valence-electron chi connectivity index (χ2n) is 6.20. The van der Waals surface area contributed by atoms with Gasteiger partial charge in [0.2, 0.25) is 5.91 Å². The number of nitrogens with zero attached hydrogens (tertiary/aromatic N) is 1. The highest BCUT2D eigenvalue weighted by molar-refractivity contribution is 6.31. The number of aromatic nitrogens is 1. The van der Waals surface area contributed by atoms with E-state index >= 15 is 0 Å². The predicted molar refractivity (Wildman–Crippen MR) is 94.8 cm³/mol. The van der Waals surface area contributed by atoms with E-state index in [2.05, 4.69) is 22.9 Å². The molecule has 0 aliphatic heterocycles. The van der Waals surface area contributed by atoms with Gasteiger partial charge in [0.25, 0.3) is 0 Å². The zero-order valence-electron chi connectivity index (χ0n) is 13.6. The number of nitrogens with two attached hydrogens (primary N) is 1. The summed E-state index contributed by atoms with van der Waals surface area (Å²) < 4.78 is 2.36. The number of nitrogens with one attached hydrogen (secondary N) is 1. The number of benzene rings is 1. The van der Waals surface area contributed by atoms with E-state index in [0.717, 1.165) is 37.3 Å². The number of halogens is 1. The van der Waals surface area contributed by atoms with Gasteiger partial charge < -0.3 is 15.6 Å². The van der Waals surface area contributed by atoms with Crippen molar-refractivity contribution in [1.82, 2.24) is 9.88 Å². The summed E-state index contributed by atoms with van der Waals surface area (Å²) in [5.74, 6) is 0.207. The average Bonchev–Trinajstić information content (AvgIpc) is 2.87. The molecule has 1 heterocycles. The maximum atomic E-state index is 12.4. The van der Waals surface area contributed by atoms with E-state index in [4.69, 9.17) is 17.3 Å². The predicted octanol–water partition coefficient (Wildman–Crippen LogP) is 2.88. The van der Waals surface area contributed by atoms with Gasteiger partial charge in [0.1, 0.15) is 0 Å². The fourth-order valence-electron chi connectivity index (χ4n) is 3.67. The first-order valence-corrected chi connectivity index (χ1v) is 8.80. The first-order valence-electron chi connectivity index (χ1n) is 8.43. The number of rotatable bonds is 5. The van der Waals surface area contributed by atoms with E-state index in [9.17, 15) is 4.79 Å². The van der Waals surface area contributed by atoms with Gasteiger partial charge >= 0.3 is 0 Å². The summed E-state index contributed by atoms with van der Waals surface area (Å²) in [6, 6.07) is 6.07. The van der Waals surface area contributed by atoms with Crippen LogP contribution in [0, 0.1) is 5.92 Å². The second-order valence-corrected chi connectivity index (χ2v) is 6.64. The lowest BCUT2D eigenvalue weighted by Gasteiger charge is -2.23. The Balaban J connectivity index is 1.89. The van der Waals surface area contributed by atoms with Crippen molar-refractivity contribution >= 4 is 28.4 Å². The third-order valence-electron chi connectivity index (χ3n) is 4.80. The first-order chi connectivity index (χ1) is 11.2. The third-order valence-corrected chi connectivity index (χ3v) is 5.03. The number of amides is 1. The van der Waals surface area contributed by atoms with E-state index in [1.54, 1.807) is 0 Å². The molecule has 1 aliphatic rings. The van der Waals surface area contributed by atoms with E-state index < -0.39 is 0 Å². The number of carbonyl (C=O) groups excluding carboxylic acids is 1. The summed E-state index contributed by atoms with van der Waals surface area (Å²) in [4.78, 5) is 12.4. The van der Waals surface area contributed by atoms with Gasteiger partial charge in [-0.2, -0.15) is 0 Å². The molecule has 1 amide bonds. The van der Waals surface area contributed by atoms with Crippen LogP contribution >= 0.6 is 11.6 Å². The molecule has 1 atom stereocenters. The van der Waals surface area contributed by atoms with E-state index in [1.807, 2.05) is 12.1 Å². The largest absolute Gasteiger partial charge is 0.356 e. The van der Waals surface area contributed by atoms with Crippen LogP contribution in [-0.4, -0.2) is 23.6 Å². The van der Waals surface area contributed by atoms with E-state index in [-0.39, 0.29) is 11.8 Å². The van der Waals surface area contributed by atoms with Crippen LogP contribution in [0.4, 0.5) is 0 Å². The molecule has 5 heteroatoms. The molecule has 4 nitrogen and oxygen atoms in total. The summed E-state index contributed by atoms with van der Waals surface area (Å²) in [5, 5.41) is 4.97. The molecule has 0 saturated heterocycles. The van der Waals surface area contributed by atoms with Crippen LogP contribution in [0.2, 0.25) is 5.02 Å². The van der Waals surface area contributed by atoms with Crippen molar-refractivity contribution in [2.75, 3.05) is 13.1 Å². The first kappa shape index (κ1) is 16.3. The number of carbonyl (C=O) groups is 1. The normalized spacial score (nSPS) is 17.3. The zero-order valence-corrected chi connectivity index (χ0v) is 14.3. The third kappa shape index (κ3) is 3.10. The van der Waals surface area contributed by atoms with Gasteiger partial charge in [-0.15, -0.1) is 0 Å². The fourth-order valence-corrected chi connectivity index (χ4v) is 3.84. The lowest BCUT2D eigenvalue weighted by molar-refractivity contribution is -0.125. The van der Waals surface area contributed by atoms with Crippen molar-refractivity contribution in [2.45, 2.75) is 39.2 Å². The highest BCUT2D eigenvalue weighted by atomic mass is 35.5. The summed E-state index contributed by atoms with van der Waals surface area (Å²) in [6.07, 6.45) is 3.48. The highest BCUT2D eigenvalue weighted by Crippen LogP contribution is 2.35. The molecule has 124 valence electrons. The second kappa shape index (κ2) is 6.93. The Morgan fingerprint density at radius 1 is 1.48 bits per heavy atom. The number of fused-ring (bicyclic) bond motifs is 3. The fraction of sp³-hybridized carbons (Fsp3) is 0.500. The Labute approximate surface area is 142 Å². The minimum absolute atomic E-state index is 0.0511. The molecule has 2 aromatic rings. The quantitative estimate of drug-likeness (QED) is 0.826. The lowest BCUT2D eigenvalue weighted by Crippen LogP contribution is -2.35. The van der Waals surface area contributed by atoms with Gasteiger partial charge in [-0.05, 0) is 62.9 Å². The lowest BCUT2D eigenvalue weighted by atomic mass is 9.85. The van der Waals surface area contributed by atoms with E-state index in [1.165, 1.54) is 22.2 Å². The number of hydrogen-bond donors (Lipinski definition) is 2. The molecule has 23 heavy (non-hydrogen) atoms. The van der Waals surface area contributed by atoms with Gasteiger partial charge in [0.05, 0.1) is 0 Å². The van der Waals surface area contributed by atoms with Crippen molar-refractivity contribution in [1.29, 1.82) is 0 Å². The molecule has 0 spiro atoms. The molecular formula is C18H24ClN3O. The van der Waals surface area contributed by atoms with Crippen LogP contribution in [-0.2, 0) is 24.2 Å². The Morgan fingerprint density at radius 3 is 3.04 bits per heavy atom. The Kier molecular flexibility index (Phi) is 4.93. The molecule has 0 radical (unpaired) electrons. The van der Waals surface area contributed by atoms with Crippen molar-refractivity contribution in [2.24, 2.45) is 11.7 Å². The monoisotopic (exact) mass is 333 g/mol.